The molecule has 8 heteroatoms. The van der Waals surface area contributed by atoms with Crippen LogP contribution in [0, 0.1) is 6.92 Å². The van der Waals surface area contributed by atoms with E-state index in [9.17, 15) is 13.0 Å². The number of aromatic nitrogens is 3. The fourth-order valence-electron chi connectivity index (χ4n) is 2.79. The van der Waals surface area contributed by atoms with Gasteiger partial charge in [-0.1, -0.05) is 0 Å². The molecule has 24 heavy (non-hydrogen) atoms. The minimum absolute atomic E-state index is 0.0510. The van der Waals surface area contributed by atoms with Gasteiger partial charge < -0.3 is 5.32 Å². The molecule has 1 N–H and O–H groups in total. The number of aryl methyl sites for hydroxylation is 1. The first-order valence-corrected chi connectivity index (χ1v) is 9.41. The summed E-state index contributed by atoms with van der Waals surface area (Å²) in [6, 6.07) is 5.24. The Morgan fingerprint density at radius 3 is 2.62 bits per heavy atom. The van der Waals surface area contributed by atoms with E-state index in [0.29, 0.717) is 29.4 Å². The van der Waals surface area contributed by atoms with Crippen molar-refractivity contribution in [3.8, 4) is 5.82 Å². The van der Waals surface area contributed by atoms with Crippen LogP contribution in [0.3, 0.4) is 0 Å². The number of anilines is 1. The summed E-state index contributed by atoms with van der Waals surface area (Å²) in [5.41, 5.74) is 0.851. The van der Waals surface area contributed by atoms with Crippen LogP contribution in [0.4, 0.5) is 14.6 Å². The van der Waals surface area contributed by atoms with Crippen molar-refractivity contribution < 1.29 is 13.0 Å². The molecule has 5 nitrogen and oxygen atoms in total. The predicted octanol–water partition coefficient (Wildman–Crippen LogP) is 3.30. The highest BCUT2D eigenvalue weighted by atomic mass is 32.2. The van der Waals surface area contributed by atoms with Crippen molar-refractivity contribution in [3.05, 3.63) is 30.1 Å². The summed E-state index contributed by atoms with van der Waals surface area (Å²) in [7, 11) is -1.18. The Balaban J connectivity index is 1.84. The van der Waals surface area contributed by atoms with E-state index in [2.05, 4.69) is 15.4 Å². The second-order valence-corrected chi connectivity index (χ2v) is 7.56. The lowest BCUT2D eigenvalue weighted by atomic mass is 9.92. The highest BCUT2D eigenvalue weighted by Gasteiger charge is 2.35. The molecule has 3 rings (SSSR count). The van der Waals surface area contributed by atoms with Gasteiger partial charge in [0.15, 0.2) is 5.82 Å². The molecule has 0 aromatic carbocycles. The van der Waals surface area contributed by atoms with Crippen molar-refractivity contribution >= 4 is 16.6 Å². The Bertz CT molecular complexity index is 752. The van der Waals surface area contributed by atoms with Gasteiger partial charge in [-0.25, -0.2) is 18.4 Å². The number of rotatable bonds is 4. The Labute approximate surface area is 141 Å². The van der Waals surface area contributed by atoms with Crippen LogP contribution in [0.15, 0.2) is 29.3 Å². The van der Waals surface area contributed by atoms with Crippen molar-refractivity contribution in [2.45, 2.75) is 49.5 Å². The van der Waals surface area contributed by atoms with Crippen molar-refractivity contribution in [3.63, 3.8) is 0 Å². The summed E-state index contributed by atoms with van der Waals surface area (Å²) in [5, 5.41) is 7.53. The zero-order chi connectivity index (χ0) is 17.3. The minimum atomic E-state index is -2.56. The zero-order valence-electron chi connectivity index (χ0n) is 13.6. The van der Waals surface area contributed by atoms with Gasteiger partial charge in [-0.05, 0) is 38.0 Å². The number of nitrogens with one attached hydrogen (secondary N) is 1. The van der Waals surface area contributed by atoms with Crippen LogP contribution in [0.1, 0.15) is 31.4 Å². The largest absolute Gasteiger partial charge is 0.367 e. The van der Waals surface area contributed by atoms with E-state index in [1.807, 2.05) is 13.0 Å². The molecule has 1 fully saturated rings. The highest BCUT2D eigenvalue weighted by Crippen LogP contribution is 2.34. The van der Waals surface area contributed by atoms with Crippen LogP contribution in [0.2, 0.25) is 0 Å². The Hall–Kier alpha value is -1.83. The van der Waals surface area contributed by atoms with Crippen LogP contribution in [-0.2, 0) is 10.8 Å². The van der Waals surface area contributed by atoms with E-state index >= 15 is 0 Å². The Morgan fingerprint density at radius 1 is 1.33 bits per heavy atom. The van der Waals surface area contributed by atoms with E-state index in [4.69, 9.17) is 0 Å². The van der Waals surface area contributed by atoms with Gasteiger partial charge in [0.2, 0.25) is 5.92 Å². The number of halogens is 2. The highest BCUT2D eigenvalue weighted by molar-refractivity contribution is 7.84. The second-order valence-electron chi connectivity index (χ2n) is 6.18. The van der Waals surface area contributed by atoms with E-state index in [-0.39, 0.29) is 18.9 Å². The molecule has 0 radical (unpaired) electrons. The molecule has 0 aliphatic heterocycles. The topological polar surface area (TPSA) is 59.8 Å². The van der Waals surface area contributed by atoms with Crippen LogP contribution in [-0.4, -0.2) is 37.2 Å². The fraction of sp³-hybridized carbons (Fsp3) is 0.500. The van der Waals surface area contributed by atoms with Gasteiger partial charge in [0.1, 0.15) is 5.82 Å². The van der Waals surface area contributed by atoms with Gasteiger partial charge in [-0.2, -0.15) is 5.10 Å². The van der Waals surface area contributed by atoms with Crippen molar-refractivity contribution in [1.29, 1.82) is 0 Å². The number of nitrogens with zero attached hydrogens (tertiary/aromatic N) is 3. The molecule has 1 unspecified atom stereocenters. The molecule has 1 aliphatic rings. The van der Waals surface area contributed by atoms with Crippen molar-refractivity contribution in [2.75, 3.05) is 11.6 Å². The van der Waals surface area contributed by atoms with Crippen LogP contribution in [0.25, 0.3) is 5.82 Å². The van der Waals surface area contributed by atoms with Crippen molar-refractivity contribution in [1.82, 2.24) is 14.8 Å². The monoisotopic (exact) mass is 354 g/mol. The molecule has 2 heterocycles. The van der Waals surface area contributed by atoms with Gasteiger partial charge in [0.25, 0.3) is 0 Å². The number of hydrogen-bond donors (Lipinski definition) is 1. The molecular weight excluding hydrogens is 334 g/mol. The van der Waals surface area contributed by atoms with E-state index in [1.54, 1.807) is 29.3 Å². The zero-order valence-corrected chi connectivity index (χ0v) is 14.4. The van der Waals surface area contributed by atoms with Gasteiger partial charge in [-0.3, -0.25) is 4.21 Å². The summed E-state index contributed by atoms with van der Waals surface area (Å²) in [4.78, 5) is 5.12. The third kappa shape index (κ3) is 3.98. The summed E-state index contributed by atoms with van der Waals surface area (Å²) >= 11 is 0. The standard InChI is InChI=1S/C16H20F2N4OS/c1-11-5-8-22(21-11)15-10-13(24(2)23)9-14(20-15)19-12-3-6-16(17,18)7-4-12/h5,8-10,12H,3-4,6-7H2,1-2H3,(H,19,20). The second kappa shape index (κ2) is 6.58. The van der Waals surface area contributed by atoms with Gasteiger partial charge in [-0.15, -0.1) is 0 Å². The predicted molar refractivity (Wildman–Crippen MR) is 89.3 cm³/mol. The summed E-state index contributed by atoms with van der Waals surface area (Å²) in [6.45, 7) is 1.87. The molecule has 1 saturated carbocycles. The number of hydrogen-bond acceptors (Lipinski definition) is 4. The number of alkyl halides is 2. The quantitative estimate of drug-likeness (QED) is 0.915. The smallest absolute Gasteiger partial charge is 0.248 e. The Kier molecular flexibility index (Phi) is 4.67. The minimum Gasteiger partial charge on any atom is -0.367 e. The first-order chi connectivity index (χ1) is 11.3. The lowest BCUT2D eigenvalue weighted by molar-refractivity contribution is -0.0361. The molecule has 0 amide bonds. The molecule has 2 aromatic heterocycles. The fourth-order valence-corrected chi connectivity index (χ4v) is 3.33. The normalized spacial score (nSPS) is 19.2. The molecule has 2 aromatic rings. The molecule has 130 valence electrons. The van der Waals surface area contributed by atoms with Crippen LogP contribution < -0.4 is 5.32 Å². The lowest BCUT2D eigenvalue weighted by Crippen LogP contribution is -2.32. The van der Waals surface area contributed by atoms with Gasteiger partial charge in [0.05, 0.1) is 16.5 Å². The van der Waals surface area contributed by atoms with E-state index in [1.165, 1.54) is 0 Å². The lowest BCUT2D eigenvalue weighted by Gasteiger charge is -2.29. The van der Waals surface area contributed by atoms with Gasteiger partial charge in [0, 0.05) is 36.2 Å². The molecule has 0 bridgehead atoms. The average Bonchev–Trinajstić information content (AvgIpc) is 2.96. The maximum absolute atomic E-state index is 13.3. The van der Waals surface area contributed by atoms with Gasteiger partial charge >= 0.3 is 0 Å². The summed E-state index contributed by atoms with van der Waals surface area (Å²) < 4.78 is 40.1. The first-order valence-electron chi connectivity index (χ1n) is 7.85. The molecule has 1 aliphatic carbocycles. The summed E-state index contributed by atoms with van der Waals surface area (Å²) in [6.07, 6.45) is 3.93. The third-order valence-corrected chi connectivity index (χ3v) is 5.04. The van der Waals surface area contributed by atoms with Crippen LogP contribution in [0.5, 0.6) is 0 Å². The molecule has 1 atom stereocenters. The molecule has 0 spiro atoms. The summed E-state index contributed by atoms with van der Waals surface area (Å²) in [5.74, 6) is -1.46. The van der Waals surface area contributed by atoms with E-state index in [0.717, 1.165) is 5.69 Å². The van der Waals surface area contributed by atoms with E-state index < -0.39 is 16.7 Å². The first kappa shape index (κ1) is 17.0. The SMILES string of the molecule is Cc1ccn(-c2cc(S(C)=O)cc(NC3CCC(F)(F)CC3)n2)n1. The number of pyridine rings is 1. The Morgan fingerprint density at radius 2 is 2.04 bits per heavy atom. The van der Waals surface area contributed by atoms with Crippen molar-refractivity contribution in [2.24, 2.45) is 0 Å². The maximum Gasteiger partial charge on any atom is 0.248 e. The third-order valence-electron chi connectivity index (χ3n) is 4.14. The average molecular weight is 354 g/mol. The molecule has 0 saturated heterocycles. The molecular formula is C16H20F2N4OS. The maximum atomic E-state index is 13.3. The van der Waals surface area contributed by atoms with Crippen LogP contribution >= 0.6 is 0 Å².